The molecule has 0 saturated carbocycles. The van der Waals surface area contributed by atoms with E-state index in [1.165, 1.54) is 26.3 Å². The van der Waals surface area contributed by atoms with Gasteiger partial charge in [-0.05, 0) is 94.4 Å². The number of hydrogen-bond donors (Lipinski definition) is 2. The molecule has 1 aromatic heterocycles. The molecule has 2 aliphatic heterocycles. The van der Waals surface area contributed by atoms with Crippen LogP contribution in [0.4, 0.5) is 0 Å². The molecular weight excluding hydrogens is 512 g/mol. The SMILES string of the molecule is C[C@@H]1CCCN1C1CCN(Cc2cnc3ccc(C(C)(Cc4ccccc4)S(=O)(=O)O)cc3c2C(N)=O)CC1. The number of rotatable bonds is 8. The van der Waals surface area contributed by atoms with E-state index in [1.807, 2.05) is 30.3 Å². The summed E-state index contributed by atoms with van der Waals surface area (Å²) in [5, 5.41) is 0.501. The molecule has 39 heavy (non-hydrogen) atoms. The number of piperidine rings is 1. The number of fused-ring (bicyclic) bond motifs is 1. The van der Waals surface area contributed by atoms with E-state index in [2.05, 4.69) is 21.7 Å². The number of carbonyl (C=O) groups is 1. The number of carbonyl (C=O) groups excluding carboxylic acids is 1. The first kappa shape index (κ1) is 27.7. The molecule has 0 bridgehead atoms. The Morgan fingerprint density at radius 3 is 2.44 bits per heavy atom. The van der Waals surface area contributed by atoms with Crippen LogP contribution < -0.4 is 5.73 Å². The minimum Gasteiger partial charge on any atom is -0.366 e. The summed E-state index contributed by atoms with van der Waals surface area (Å²) in [5.41, 5.74) is 8.70. The molecule has 208 valence electrons. The Morgan fingerprint density at radius 2 is 1.82 bits per heavy atom. The van der Waals surface area contributed by atoms with Crippen molar-refractivity contribution < 1.29 is 17.8 Å². The summed E-state index contributed by atoms with van der Waals surface area (Å²) >= 11 is 0. The second kappa shape index (κ2) is 11.0. The summed E-state index contributed by atoms with van der Waals surface area (Å²) in [5.74, 6) is -0.577. The molecule has 5 rings (SSSR count). The second-order valence-corrected chi connectivity index (χ2v) is 13.2. The van der Waals surface area contributed by atoms with Gasteiger partial charge in [0.25, 0.3) is 10.1 Å². The fourth-order valence-electron chi connectivity index (χ4n) is 6.45. The molecule has 2 aliphatic rings. The molecule has 2 atom stereocenters. The molecule has 3 heterocycles. The monoisotopic (exact) mass is 550 g/mol. The predicted octanol–water partition coefficient (Wildman–Crippen LogP) is 4.13. The summed E-state index contributed by atoms with van der Waals surface area (Å²) in [6.45, 7) is 7.42. The van der Waals surface area contributed by atoms with Crippen molar-refractivity contribution in [3.05, 3.63) is 77.0 Å². The van der Waals surface area contributed by atoms with E-state index in [-0.39, 0.29) is 6.42 Å². The molecule has 2 fully saturated rings. The van der Waals surface area contributed by atoms with Gasteiger partial charge in [-0.2, -0.15) is 8.42 Å². The van der Waals surface area contributed by atoms with Gasteiger partial charge in [-0.25, -0.2) is 0 Å². The summed E-state index contributed by atoms with van der Waals surface area (Å²) in [6, 6.07) is 15.4. The summed E-state index contributed by atoms with van der Waals surface area (Å²) in [7, 11) is -4.52. The molecule has 0 aliphatic carbocycles. The lowest BCUT2D eigenvalue weighted by Crippen LogP contribution is -2.45. The van der Waals surface area contributed by atoms with Gasteiger partial charge in [0.1, 0.15) is 4.75 Å². The number of aromatic nitrogens is 1. The van der Waals surface area contributed by atoms with E-state index in [9.17, 15) is 17.8 Å². The van der Waals surface area contributed by atoms with Crippen molar-refractivity contribution >= 4 is 26.9 Å². The third-order valence-electron chi connectivity index (χ3n) is 8.78. The first-order valence-electron chi connectivity index (χ1n) is 13.8. The van der Waals surface area contributed by atoms with Gasteiger partial charge < -0.3 is 5.73 Å². The smallest absolute Gasteiger partial charge is 0.274 e. The zero-order valence-corrected chi connectivity index (χ0v) is 23.5. The van der Waals surface area contributed by atoms with Gasteiger partial charge in [0, 0.05) is 30.2 Å². The van der Waals surface area contributed by atoms with Crippen LogP contribution in [0.15, 0.2) is 54.7 Å². The number of primary amides is 1. The summed E-state index contributed by atoms with van der Waals surface area (Å²) in [6.07, 6.45) is 6.51. The Labute approximate surface area is 231 Å². The highest BCUT2D eigenvalue weighted by Crippen LogP contribution is 2.36. The van der Waals surface area contributed by atoms with E-state index < -0.39 is 20.8 Å². The van der Waals surface area contributed by atoms with Gasteiger partial charge in [-0.3, -0.25) is 24.1 Å². The lowest BCUT2D eigenvalue weighted by atomic mass is 9.90. The number of pyridine rings is 1. The first-order chi connectivity index (χ1) is 18.6. The van der Waals surface area contributed by atoms with Crippen LogP contribution in [-0.4, -0.2) is 65.4 Å². The van der Waals surface area contributed by atoms with Crippen LogP contribution >= 0.6 is 0 Å². The van der Waals surface area contributed by atoms with E-state index in [0.717, 1.165) is 37.1 Å². The third kappa shape index (κ3) is 5.59. The van der Waals surface area contributed by atoms with Crippen LogP contribution in [-0.2, 0) is 27.8 Å². The number of amides is 1. The second-order valence-electron chi connectivity index (χ2n) is 11.4. The molecule has 3 aromatic rings. The van der Waals surface area contributed by atoms with E-state index in [0.29, 0.717) is 40.7 Å². The van der Waals surface area contributed by atoms with Crippen molar-refractivity contribution in [2.24, 2.45) is 5.73 Å². The molecule has 0 spiro atoms. The number of nitrogens with two attached hydrogens (primary N) is 1. The number of benzene rings is 2. The van der Waals surface area contributed by atoms with E-state index in [1.54, 1.807) is 24.4 Å². The minimum absolute atomic E-state index is 0.0712. The van der Waals surface area contributed by atoms with Crippen molar-refractivity contribution in [2.75, 3.05) is 19.6 Å². The molecule has 9 heteroatoms. The maximum atomic E-state index is 12.8. The van der Waals surface area contributed by atoms with Gasteiger partial charge in [0.15, 0.2) is 0 Å². The number of likely N-dealkylation sites (tertiary alicyclic amines) is 2. The Kier molecular flexibility index (Phi) is 7.79. The number of hydrogen-bond acceptors (Lipinski definition) is 6. The zero-order valence-electron chi connectivity index (χ0n) is 22.7. The van der Waals surface area contributed by atoms with Gasteiger partial charge in [-0.1, -0.05) is 36.4 Å². The molecular formula is C30H38N4O4S. The lowest BCUT2D eigenvalue weighted by molar-refractivity contribution is 0.0972. The Bertz CT molecular complexity index is 1450. The van der Waals surface area contributed by atoms with Gasteiger partial charge in [0.05, 0.1) is 11.1 Å². The third-order valence-corrected chi connectivity index (χ3v) is 10.3. The minimum atomic E-state index is -4.52. The highest BCUT2D eigenvalue weighted by molar-refractivity contribution is 7.86. The highest BCUT2D eigenvalue weighted by atomic mass is 32.2. The quantitative estimate of drug-likeness (QED) is 0.405. The van der Waals surface area contributed by atoms with E-state index >= 15 is 0 Å². The van der Waals surface area contributed by atoms with E-state index in [4.69, 9.17) is 5.73 Å². The molecule has 8 nitrogen and oxygen atoms in total. The normalized spacial score (nSPS) is 21.3. The van der Waals surface area contributed by atoms with Crippen molar-refractivity contribution in [3.8, 4) is 0 Å². The van der Waals surface area contributed by atoms with Gasteiger partial charge in [-0.15, -0.1) is 0 Å². The standard InChI is InChI=1S/C30H38N4O4S/c1-21-7-6-14-34(21)25-12-15-33(16-13-25)20-23-19-32-27-11-10-24(17-26(27)28(23)29(31)35)30(2,39(36,37)38)18-22-8-4-3-5-9-22/h3-5,8-11,17,19,21,25H,6-7,12-16,18,20H2,1-2H3,(H2,31,35)(H,36,37,38)/t21-,30?/m1/s1. The zero-order chi connectivity index (χ0) is 27.8. The largest absolute Gasteiger partial charge is 0.366 e. The Morgan fingerprint density at radius 1 is 1.10 bits per heavy atom. The molecule has 1 unspecified atom stereocenters. The van der Waals surface area contributed by atoms with Crippen molar-refractivity contribution in [3.63, 3.8) is 0 Å². The molecule has 3 N–H and O–H groups in total. The molecule has 1 amide bonds. The van der Waals surface area contributed by atoms with Crippen LogP contribution in [0.5, 0.6) is 0 Å². The van der Waals surface area contributed by atoms with Crippen LogP contribution in [0.2, 0.25) is 0 Å². The van der Waals surface area contributed by atoms with Gasteiger partial charge in [0.2, 0.25) is 5.91 Å². The average Bonchev–Trinajstić information content (AvgIpc) is 3.34. The fourth-order valence-corrected chi connectivity index (χ4v) is 7.22. The Hall–Kier alpha value is -2.85. The average molecular weight is 551 g/mol. The molecule has 2 aromatic carbocycles. The maximum Gasteiger partial charge on any atom is 0.274 e. The van der Waals surface area contributed by atoms with Crippen LogP contribution in [0.1, 0.15) is 66.6 Å². The van der Waals surface area contributed by atoms with Crippen LogP contribution in [0, 0.1) is 0 Å². The van der Waals surface area contributed by atoms with Crippen LogP contribution in [0.25, 0.3) is 10.9 Å². The van der Waals surface area contributed by atoms with Crippen molar-refractivity contribution in [1.82, 2.24) is 14.8 Å². The van der Waals surface area contributed by atoms with Crippen LogP contribution in [0.3, 0.4) is 0 Å². The Balaban J connectivity index is 1.46. The topological polar surface area (TPSA) is 117 Å². The highest BCUT2D eigenvalue weighted by Gasteiger charge is 2.40. The first-order valence-corrected chi connectivity index (χ1v) is 15.2. The summed E-state index contributed by atoms with van der Waals surface area (Å²) in [4.78, 5) is 22.4. The predicted molar refractivity (Wildman–Crippen MR) is 153 cm³/mol. The molecule has 0 radical (unpaired) electrons. The maximum absolute atomic E-state index is 12.8. The molecule has 2 saturated heterocycles. The fraction of sp³-hybridized carbons (Fsp3) is 0.467. The number of nitrogens with zero attached hydrogens (tertiary/aromatic N) is 3. The van der Waals surface area contributed by atoms with Gasteiger partial charge >= 0.3 is 0 Å². The van der Waals surface area contributed by atoms with Crippen molar-refractivity contribution in [1.29, 1.82) is 0 Å². The lowest BCUT2D eigenvalue weighted by Gasteiger charge is -2.38. The van der Waals surface area contributed by atoms with Crippen molar-refractivity contribution in [2.45, 2.75) is 69.3 Å². The summed E-state index contributed by atoms with van der Waals surface area (Å²) < 4.78 is 34.2.